The molecule has 0 radical (unpaired) electrons. The van der Waals surface area contributed by atoms with Crippen LogP contribution in [0.4, 0.5) is 0 Å². The molecule has 0 spiro atoms. The van der Waals surface area contributed by atoms with Gasteiger partial charge in [-0.2, -0.15) is 0 Å². The maximum atomic E-state index is 11.5. The number of allylic oxidation sites excluding steroid dienone is 1. The summed E-state index contributed by atoms with van der Waals surface area (Å²) in [6.07, 6.45) is 0.370. The summed E-state index contributed by atoms with van der Waals surface area (Å²) in [4.78, 5) is 22.7. The van der Waals surface area contributed by atoms with Crippen LogP contribution in [0.15, 0.2) is 11.5 Å². The first-order valence-electron chi connectivity index (χ1n) is 4.52. The number of Topliss-reactive ketones (excluding diaryl/α,β-unsaturated/α-hetero) is 2. The number of hydrogen-bond donors (Lipinski definition) is 3. The fourth-order valence-corrected chi connectivity index (χ4v) is 2.20. The summed E-state index contributed by atoms with van der Waals surface area (Å²) < 4.78 is 0. The van der Waals surface area contributed by atoms with Gasteiger partial charge in [-0.25, -0.2) is 0 Å². The Kier molecular flexibility index (Phi) is 3.06. The molecule has 0 aromatic heterocycles. The Hall–Kier alpha value is -1.07. The van der Waals surface area contributed by atoms with E-state index in [9.17, 15) is 14.7 Å². The van der Waals surface area contributed by atoms with Crippen LogP contribution >= 0.6 is 12.4 Å². The minimum atomic E-state index is -0.575. The third-order valence-electron chi connectivity index (χ3n) is 3.07. The number of halogens is 1. The van der Waals surface area contributed by atoms with E-state index in [4.69, 9.17) is 11.5 Å². The molecule has 1 fully saturated rings. The number of rotatable bonds is 0. The second-order valence-electron chi connectivity index (χ2n) is 3.91. The lowest BCUT2D eigenvalue weighted by atomic mass is 9.69. The Labute approximate surface area is 92.9 Å². The topological polar surface area (TPSA) is 106 Å². The molecule has 6 heteroatoms. The van der Waals surface area contributed by atoms with Crippen LogP contribution in [0, 0.1) is 11.8 Å². The molecule has 2 bridgehead atoms. The van der Waals surface area contributed by atoms with Crippen LogP contribution in [-0.2, 0) is 9.59 Å². The molecule has 0 aliphatic heterocycles. The lowest BCUT2D eigenvalue weighted by Crippen LogP contribution is -2.53. The average molecular weight is 233 g/mol. The molecule has 0 amide bonds. The summed E-state index contributed by atoms with van der Waals surface area (Å²) in [5.41, 5.74) is 11.4. The number of fused-ring (bicyclic) bond motifs is 2. The average Bonchev–Trinajstić information content (AvgIpc) is 2.16. The first-order valence-corrected chi connectivity index (χ1v) is 4.52. The minimum absolute atomic E-state index is 0. The van der Waals surface area contributed by atoms with Gasteiger partial charge in [0, 0.05) is 30.7 Å². The molecule has 2 aliphatic rings. The van der Waals surface area contributed by atoms with Gasteiger partial charge in [0.1, 0.15) is 5.78 Å². The van der Waals surface area contributed by atoms with Crippen LogP contribution in [0.2, 0.25) is 0 Å². The van der Waals surface area contributed by atoms with Gasteiger partial charge in [0.2, 0.25) is 5.78 Å². The molecular weight excluding hydrogens is 220 g/mol. The van der Waals surface area contributed by atoms with Crippen LogP contribution in [0.3, 0.4) is 0 Å². The molecule has 0 heterocycles. The maximum Gasteiger partial charge on any atom is 0.204 e. The fourth-order valence-electron chi connectivity index (χ4n) is 2.20. The molecule has 3 atom stereocenters. The van der Waals surface area contributed by atoms with Gasteiger partial charge in [0.05, 0.1) is 5.70 Å². The van der Waals surface area contributed by atoms with E-state index in [1.165, 1.54) is 0 Å². The van der Waals surface area contributed by atoms with Gasteiger partial charge in [-0.15, -0.1) is 12.4 Å². The molecule has 84 valence electrons. The fraction of sp³-hybridized carbons (Fsp3) is 0.556. The van der Waals surface area contributed by atoms with Crippen molar-refractivity contribution < 1.29 is 14.7 Å². The monoisotopic (exact) mass is 232 g/mol. The van der Waals surface area contributed by atoms with Crippen LogP contribution in [0.1, 0.15) is 12.8 Å². The Morgan fingerprint density at radius 2 is 1.73 bits per heavy atom. The van der Waals surface area contributed by atoms with Gasteiger partial charge in [-0.3, -0.25) is 9.59 Å². The zero-order valence-corrected chi connectivity index (χ0v) is 8.79. The smallest absolute Gasteiger partial charge is 0.204 e. The summed E-state index contributed by atoms with van der Waals surface area (Å²) >= 11 is 0. The van der Waals surface area contributed by atoms with Crippen LogP contribution in [0.5, 0.6) is 0 Å². The second kappa shape index (κ2) is 3.83. The van der Waals surface area contributed by atoms with Gasteiger partial charge in [-0.05, 0) is 0 Å². The zero-order chi connectivity index (χ0) is 10.5. The predicted molar refractivity (Wildman–Crippen MR) is 55.3 cm³/mol. The van der Waals surface area contributed by atoms with E-state index in [1.54, 1.807) is 0 Å². The molecule has 3 unspecified atom stereocenters. The highest BCUT2D eigenvalue weighted by Gasteiger charge is 2.46. The van der Waals surface area contributed by atoms with Crippen LogP contribution in [0.25, 0.3) is 0 Å². The van der Waals surface area contributed by atoms with E-state index in [0.29, 0.717) is 0 Å². The number of carbonyl (C=O) groups is 2. The molecule has 0 aromatic rings. The largest absolute Gasteiger partial charge is 0.503 e. The summed E-state index contributed by atoms with van der Waals surface area (Å²) in [7, 11) is 0. The first kappa shape index (κ1) is 12.0. The lowest BCUT2D eigenvalue weighted by molar-refractivity contribution is -0.132. The number of hydrogen-bond acceptors (Lipinski definition) is 5. The summed E-state index contributed by atoms with van der Waals surface area (Å²) in [6.45, 7) is 0. The highest BCUT2D eigenvalue weighted by Crippen LogP contribution is 2.36. The highest BCUT2D eigenvalue weighted by atomic mass is 35.5. The summed E-state index contributed by atoms with van der Waals surface area (Å²) in [5, 5.41) is 9.39. The van der Waals surface area contributed by atoms with E-state index in [1.807, 2.05) is 0 Å². The second-order valence-corrected chi connectivity index (χ2v) is 3.91. The van der Waals surface area contributed by atoms with E-state index in [-0.39, 0.29) is 42.6 Å². The Morgan fingerprint density at radius 3 is 2.33 bits per heavy atom. The van der Waals surface area contributed by atoms with Crippen molar-refractivity contribution in [2.75, 3.05) is 0 Å². The molecular formula is C9H13ClN2O3. The molecule has 5 N–H and O–H groups in total. The molecule has 2 rings (SSSR count). The normalized spacial score (nSPS) is 35.1. The Bertz CT molecular complexity index is 353. The summed E-state index contributed by atoms with van der Waals surface area (Å²) in [6, 6.07) is -0.420. The quantitative estimate of drug-likeness (QED) is 0.529. The SMILES string of the molecule is Cl.NC1=C(O)C(=O)C2CC(=O)CC1C2N. The number of carbonyl (C=O) groups excluding carboxylic acids is 2. The van der Waals surface area contributed by atoms with Crippen molar-refractivity contribution in [2.45, 2.75) is 18.9 Å². The maximum absolute atomic E-state index is 11.5. The molecule has 2 aliphatic carbocycles. The van der Waals surface area contributed by atoms with Gasteiger partial charge in [0.15, 0.2) is 5.76 Å². The third-order valence-corrected chi connectivity index (χ3v) is 3.07. The predicted octanol–water partition coefficient (Wildman–Crippen LogP) is -0.358. The van der Waals surface area contributed by atoms with E-state index >= 15 is 0 Å². The van der Waals surface area contributed by atoms with Crippen molar-refractivity contribution in [1.82, 2.24) is 0 Å². The van der Waals surface area contributed by atoms with E-state index in [2.05, 4.69) is 0 Å². The van der Waals surface area contributed by atoms with Gasteiger partial charge in [-0.1, -0.05) is 0 Å². The number of aliphatic hydroxyl groups is 1. The van der Waals surface area contributed by atoms with Gasteiger partial charge < -0.3 is 16.6 Å². The molecule has 0 aromatic carbocycles. The van der Waals surface area contributed by atoms with Crippen molar-refractivity contribution in [3.8, 4) is 0 Å². The third kappa shape index (κ3) is 1.61. The van der Waals surface area contributed by atoms with Crippen molar-refractivity contribution in [1.29, 1.82) is 0 Å². The molecule has 5 nitrogen and oxygen atoms in total. The standard InChI is InChI=1S/C9H12N2O3.ClH/c10-6-4-1-3(12)2-5(6)8(13)9(14)7(4)11;/h4-6,14H,1-2,10-11H2;1H. The number of aliphatic hydroxyl groups excluding tert-OH is 1. The molecule has 15 heavy (non-hydrogen) atoms. The van der Waals surface area contributed by atoms with Crippen molar-refractivity contribution >= 4 is 24.0 Å². The van der Waals surface area contributed by atoms with Crippen LogP contribution in [-0.4, -0.2) is 22.7 Å². The minimum Gasteiger partial charge on any atom is -0.503 e. The first-order chi connectivity index (χ1) is 6.52. The van der Waals surface area contributed by atoms with Gasteiger partial charge >= 0.3 is 0 Å². The van der Waals surface area contributed by atoms with E-state index in [0.717, 1.165) is 0 Å². The molecule has 1 saturated carbocycles. The lowest BCUT2D eigenvalue weighted by Gasteiger charge is -2.38. The van der Waals surface area contributed by atoms with Crippen molar-refractivity contribution in [2.24, 2.45) is 23.3 Å². The van der Waals surface area contributed by atoms with Crippen LogP contribution < -0.4 is 11.5 Å². The Balaban J connectivity index is 0.00000112. The number of nitrogens with two attached hydrogens (primary N) is 2. The number of ketones is 2. The van der Waals surface area contributed by atoms with Crippen molar-refractivity contribution in [3.63, 3.8) is 0 Å². The summed E-state index contributed by atoms with van der Waals surface area (Å²) in [5.74, 6) is -1.83. The highest BCUT2D eigenvalue weighted by molar-refractivity contribution is 6.01. The van der Waals surface area contributed by atoms with Gasteiger partial charge in [0.25, 0.3) is 0 Å². The van der Waals surface area contributed by atoms with E-state index < -0.39 is 23.5 Å². The molecule has 0 saturated heterocycles. The Morgan fingerprint density at radius 1 is 1.20 bits per heavy atom. The van der Waals surface area contributed by atoms with Crippen molar-refractivity contribution in [3.05, 3.63) is 11.5 Å². The zero-order valence-electron chi connectivity index (χ0n) is 7.97.